The van der Waals surface area contributed by atoms with Gasteiger partial charge in [-0.3, -0.25) is 0 Å². The fourth-order valence-electron chi connectivity index (χ4n) is 4.44. The Balaban J connectivity index is 1.29. The third kappa shape index (κ3) is 2.98. The zero-order valence-corrected chi connectivity index (χ0v) is 16.5. The summed E-state index contributed by atoms with van der Waals surface area (Å²) in [4.78, 5) is 0. The summed E-state index contributed by atoms with van der Waals surface area (Å²) >= 11 is 0. The molecule has 0 amide bonds. The molecule has 2 unspecified atom stereocenters. The van der Waals surface area contributed by atoms with Crippen LogP contribution in [0.15, 0.2) is 97.1 Å². The van der Waals surface area contributed by atoms with Crippen molar-refractivity contribution in [2.75, 3.05) is 10.6 Å². The largest absolute Gasteiger partial charge is 0.374 e. The van der Waals surface area contributed by atoms with Gasteiger partial charge < -0.3 is 10.6 Å². The van der Waals surface area contributed by atoms with Crippen molar-refractivity contribution in [1.82, 2.24) is 0 Å². The van der Waals surface area contributed by atoms with Crippen LogP contribution < -0.4 is 10.6 Å². The zero-order valence-electron chi connectivity index (χ0n) is 16.5. The molecule has 2 heteroatoms. The highest BCUT2D eigenvalue weighted by Crippen LogP contribution is 2.34. The molecule has 0 spiro atoms. The first kappa shape index (κ1) is 17.1. The first-order chi connectivity index (χ1) is 14.8. The lowest BCUT2D eigenvalue weighted by Crippen LogP contribution is -2.12. The molecule has 0 aromatic heterocycles. The number of anilines is 2. The Bertz CT molecular complexity index is 1210. The molecule has 0 saturated carbocycles. The highest BCUT2D eigenvalue weighted by atomic mass is 14.9. The fourth-order valence-corrected chi connectivity index (χ4v) is 4.44. The van der Waals surface area contributed by atoms with Crippen LogP contribution in [-0.2, 0) is 0 Å². The first-order valence-corrected chi connectivity index (χ1v) is 10.4. The topological polar surface area (TPSA) is 24.1 Å². The standard InChI is InChI=1S/C28H22N2/c1-3-7-25-19(5-1)13-15-27(29-25)23-11-9-22-18-24(12-10-21(22)17-23)28-16-14-20-6-2-4-8-26(20)30-28/h1-18,27-30H. The van der Waals surface area contributed by atoms with E-state index < -0.39 is 0 Å². The lowest BCUT2D eigenvalue weighted by molar-refractivity contribution is 0.977. The second-order valence-corrected chi connectivity index (χ2v) is 8.00. The van der Waals surface area contributed by atoms with Crippen LogP contribution in [0.4, 0.5) is 11.4 Å². The van der Waals surface area contributed by atoms with Gasteiger partial charge in [0, 0.05) is 11.4 Å². The number of benzene rings is 4. The van der Waals surface area contributed by atoms with Crippen LogP contribution in [0, 0.1) is 0 Å². The summed E-state index contributed by atoms with van der Waals surface area (Å²) in [7, 11) is 0. The van der Waals surface area contributed by atoms with Gasteiger partial charge in [0.2, 0.25) is 0 Å². The van der Waals surface area contributed by atoms with Crippen molar-refractivity contribution in [3.63, 3.8) is 0 Å². The average Bonchev–Trinajstić information content (AvgIpc) is 2.83. The molecule has 2 N–H and O–H groups in total. The van der Waals surface area contributed by atoms with E-state index in [0.29, 0.717) is 0 Å². The molecule has 0 fully saturated rings. The molecule has 144 valence electrons. The average molecular weight is 386 g/mol. The molecule has 0 saturated heterocycles. The minimum absolute atomic E-state index is 0.198. The van der Waals surface area contributed by atoms with E-state index >= 15 is 0 Å². The highest BCUT2D eigenvalue weighted by molar-refractivity contribution is 5.85. The molecule has 2 aliphatic heterocycles. The number of nitrogens with one attached hydrogen (secondary N) is 2. The molecule has 4 aromatic rings. The Kier molecular flexibility index (Phi) is 3.95. The van der Waals surface area contributed by atoms with Gasteiger partial charge in [0.05, 0.1) is 12.1 Å². The molecular formula is C28H22N2. The predicted molar refractivity (Wildman–Crippen MR) is 128 cm³/mol. The molecule has 2 aliphatic rings. The second-order valence-electron chi connectivity index (χ2n) is 8.00. The predicted octanol–water partition coefficient (Wildman–Crippen LogP) is 7.20. The van der Waals surface area contributed by atoms with Gasteiger partial charge in [0.1, 0.15) is 0 Å². The lowest BCUT2D eigenvalue weighted by Gasteiger charge is -2.24. The normalized spacial score (nSPS) is 18.9. The third-order valence-electron chi connectivity index (χ3n) is 6.09. The minimum Gasteiger partial charge on any atom is -0.374 e. The SMILES string of the molecule is C1=CC(c2ccc3cc(C4C=Cc5ccccc5N4)ccc3c2)Nc2ccccc21. The molecule has 2 heterocycles. The fraction of sp³-hybridized carbons (Fsp3) is 0.0714. The van der Waals surface area contributed by atoms with Crippen LogP contribution in [0.25, 0.3) is 22.9 Å². The van der Waals surface area contributed by atoms with Crippen molar-refractivity contribution in [3.8, 4) is 0 Å². The van der Waals surface area contributed by atoms with Crippen LogP contribution in [0.5, 0.6) is 0 Å². The van der Waals surface area contributed by atoms with E-state index in [1.165, 1.54) is 44.4 Å². The number of para-hydroxylation sites is 2. The van der Waals surface area contributed by atoms with Crippen molar-refractivity contribution >= 4 is 34.3 Å². The Morgan fingerprint density at radius 1 is 0.500 bits per heavy atom. The van der Waals surface area contributed by atoms with Crippen molar-refractivity contribution in [2.45, 2.75) is 12.1 Å². The first-order valence-electron chi connectivity index (χ1n) is 10.4. The Morgan fingerprint density at radius 2 is 0.967 bits per heavy atom. The monoisotopic (exact) mass is 386 g/mol. The third-order valence-corrected chi connectivity index (χ3v) is 6.09. The van der Waals surface area contributed by atoms with Crippen molar-refractivity contribution in [1.29, 1.82) is 0 Å². The van der Waals surface area contributed by atoms with E-state index in [1.807, 2.05) is 0 Å². The number of fused-ring (bicyclic) bond motifs is 3. The van der Waals surface area contributed by atoms with E-state index in [0.717, 1.165) is 0 Å². The maximum Gasteiger partial charge on any atom is 0.0701 e. The van der Waals surface area contributed by atoms with Gasteiger partial charge in [-0.05, 0) is 57.3 Å². The molecule has 4 aromatic carbocycles. The number of hydrogen-bond donors (Lipinski definition) is 2. The van der Waals surface area contributed by atoms with Crippen LogP contribution in [0.2, 0.25) is 0 Å². The van der Waals surface area contributed by atoms with E-state index in [-0.39, 0.29) is 12.1 Å². The van der Waals surface area contributed by atoms with E-state index in [2.05, 4.69) is 120 Å². The van der Waals surface area contributed by atoms with Gasteiger partial charge in [-0.1, -0.05) is 85.0 Å². The lowest BCUT2D eigenvalue weighted by atomic mass is 9.94. The summed E-state index contributed by atoms with van der Waals surface area (Å²) in [5.74, 6) is 0. The maximum atomic E-state index is 3.64. The van der Waals surface area contributed by atoms with E-state index in [1.54, 1.807) is 0 Å². The quantitative estimate of drug-likeness (QED) is 0.381. The van der Waals surface area contributed by atoms with Crippen LogP contribution in [0.1, 0.15) is 34.3 Å². The highest BCUT2D eigenvalue weighted by Gasteiger charge is 2.16. The smallest absolute Gasteiger partial charge is 0.0701 e. The van der Waals surface area contributed by atoms with Crippen molar-refractivity contribution in [3.05, 3.63) is 119 Å². The van der Waals surface area contributed by atoms with Gasteiger partial charge >= 0.3 is 0 Å². The summed E-state index contributed by atoms with van der Waals surface area (Å²) < 4.78 is 0. The molecule has 0 aliphatic carbocycles. The molecule has 0 radical (unpaired) electrons. The van der Waals surface area contributed by atoms with Crippen molar-refractivity contribution < 1.29 is 0 Å². The van der Waals surface area contributed by atoms with Gasteiger partial charge in [-0.2, -0.15) is 0 Å². The Hall–Kier alpha value is -3.78. The summed E-state index contributed by atoms with van der Waals surface area (Å²) in [5, 5.41) is 9.83. The number of rotatable bonds is 2. The van der Waals surface area contributed by atoms with Gasteiger partial charge in [0.25, 0.3) is 0 Å². The minimum atomic E-state index is 0.198. The second kappa shape index (κ2) is 6.93. The summed E-state index contributed by atoms with van der Waals surface area (Å²) in [6, 6.07) is 30.8. The summed E-state index contributed by atoms with van der Waals surface area (Å²) in [6.07, 6.45) is 8.91. The molecule has 6 rings (SSSR count). The van der Waals surface area contributed by atoms with Crippen LogP contribution >= 0.6 is 0 Å². The van der Waals surface area contributed by atoms with Gasteiger partial charge in [-0.15, -0.1) is 0 Å². The molecule has 2 atom stereocenters. The zero-order chi connectivity index (χ0) is 19.9. The molecular weight excluding hydrogens is 364 g/mol. The van der Waals surface area contributed by atoms with Crippen LogP contribution in [-0.4, -0.2) is 0 Å². The van der Waals surface area contributed by atoms with Gasteiger partial charge in [-0.25, -0.2) is 0 Å². The summed E-state index contributed by atoms with van der Waals surface area (Å²) in [5.41, 5.74) is 7.44. The molecule has 0 bridgehead atoms. The van der Waals surface area contributed by atoms with Gasteiger partial charge in [0.15, 0.2) is 0 Å². The molecule has 2 nitrogen and oxygen atoms in total. The van der Waals surface area contributed by atoms with Crippen molar-refractivity contribution in [2.24, 2.45) is 0 Å². The maximum absolute atomic E-state index is 3.64. The molecule has 30 heavy (non-hydrogen) atoms. The van der Waals surface area contributed by atoms with Crippen LogP contribution in [0.3, 0.4) is 0 Å². The van der Waals surface area contributed by atoms with E-state index in [9.17, 15) is 0 Å². The summed E-state index contributed by atoms with van der Waals surface area (Å²) in [6.45, 7) is 0. The Labute approximate surface area is 176 Å². The number of hydrogen-bond acceptors (Lipinski definition) is 2. The van der Waals surface area contributed by atoms with E-state index in [4.69, 9.17) is 0 Å². The Morgan fingerprint density at radius 3 is 1.47 bits per heavy atom.